The molecule has 6 heteroatoms. The lowest BCUT2D eigenvalue weighted by molar-refractivity contribution is -0.137. The zero-order chi connectivity index (χ0) is 22.6. The molecule has 0 spiro atoms. The van der Waals surface area contributed by atoms with Gasteiger partial charge in [0.25, 0.3) is 5.91 Å². The minimum Gasteiger partial charge on any atom is -0.351 e. The summed E-state index contributed by atoms with van der Waals surface area (Å²) in [6.45, 7) is 1.45. The van der Waals surface area contributed by atoms with Gasteiger partial charge in [0.1, 0.15) is 0 Å². The molecule has 1 saturated heterocycles. The summed E-state index contributed by atoms with van der Waals surface area (Å²) in [6, 6.07) is 16.9. The van der Waals surface area contributed by atoms with Crippen LogP contribution in [0.3, 0.4) is 0 Å². The van der Waals surface area contributed by atoms with Gasteiger partial charge in [-0.1, -0.05) is 55.7 Å². The van der Waals surface area contributed by atoms with Crippen molar-refractivity contribution >= 4 is 35.2 Å². The fourth-order valence-corrected chi connectivity index (χ4v) is 4.54. The Hall–Kier alpha value is -3.41. The largest absolute Gasteiger partial charge is 0.351 e. The quantitative estimate of drug-likeness (QED) is 0.670. The monoisotopic (exact) mass is 431 g/mol. The van der Waals surface area contributed by atoms with Crippen LogP contribution in [0.1, 0.15) is 51.0 Å². The van der Waals surface area contributed by atoms with E-state index < -0.39 is 5.54 Å². The lowest BCUT2D eigenvalue weighted by Gasteiger charge is -2.49. The molecule has 1 saturated carbocycles. The molecule has 1 heterocycles. The van der Waals surface area contributed by atoms with Crippen LogP contribution < -0.4 is 15.5 Å². The topological polar surface area (TPSA) is 78.5 Å². The third kappa shape index (κ3) is 4.59. The third-order valence-corrected chi connectivity index (χ3v) is 6.20. The Morgan fingerprint density at radius 2 is 1.69 bits per heavy atom. The number of hydrogen-bond acceptors (Lipinski definition) is 3. The van der Waals surface area contributed by atoms with Gasteiger partial charge in [0.05, 0.1) is 6.42 Å². The molecule has 1 aliphatic heterocycles. The third-order valence-electron chi connectivity index (χ3n) is 6.20. The Bertz CT molecular complexity index is 1010. The first-order valence-electron chi connectivity index (χ1n) is 11.2. The molecule has 2 aromatic carbocycles. The predicted octanol–water partition coefficient (Wildman–Crippen LogP) is 4.28. The van der Waals surface area contributed by atoms with Crippen molar-refractivity contribution < 1.29 is 14.4 Å². The van der Waals surface area contributed by atoms with Gasteiger partial charge in [-0.25, -0.2) is 0 Å². The number of nitrogens with one attached hydrogen (secondary N) is 2. The summed E-state index contributed by atoms with van der Waals surface area (Å²) in [6.07, 6.45) is 9.28. The second-order valence-corrected chi connectivity index (χ2v) is 8.61. The van der Waals surface area contributed by atoms with Crippen LogP contribution in [0.25, 0.3) is 6.08 Å². The van der Waals surface area contributed by atoms with E-state index in [-0.39, 0.29) is 30.2 Å². The summed E-state index contributed by atoms with van der Waals surface area (Å²) in [7, 11) is 0. The number of β-lactam (4-membered cyclic amide) rings is 1. The van der Waals surface area contributed by atoms with E-state index >= 15 is 0 Å². The number of anilines is 2. The molecular formula is C26H29N3O3. The van der Waals surface area contributed by atoms with E-state index in [4.69, 9.17) is 0 Å². The number of nitrogens with zero attached hydrogens (tertiary/aromatic N) is 1. The summed E-state index contributed by atoms with van der Waals surface area (Å²) < 4.78 is 0. The highest BCUT2D eigenvalue weighted by Gasteiger charge is 2.55. The number of amides is 3. The van der Waals surface area contributed by atoms with E-state index in [0.717, 1.165) is 31.2 Å². The van der Waals surface area contributed by atoms with Crippen LogP contribution in [0.15, 0.2) is 60.7 Å². The molecular weight excluding hydrogens is 402 g/mol. The van der Waals surface area contributed by atoms with E-state index in [9.17, 15) is 14.4 Å². The molecule has 1 aliphatic carbocycles. The van der Waals surface area contributed by atoms with Crippen molar-refractivity contribution in [3.8, 4) is 0 Å². The molecule has 166 valence electrons. The van der Waals surface area contributed by atoms with Crippen LogP contribution in [0, 0.1) is 0 Å². The van der Waals surface area contributed by atoms with Gasteiger partial charge in [-0.05, 0) is 48.7 Å². The molecule has 1 unspecified atom stereocenters. The van der Waals surface area contributed by atoms with E-state index in [2.05, 4.69) is 10.6 Å². The van der Waals surface area contributed by atoms with Gasteiger partial charge in [0, 0.05) is 24.3 Å². The maximum Gasteiger partial charge on any atom is 0.251 e. The lowest BCUT2D eigenvalue weighted by Crippen LogP contribution is -2.70. The molecule has 2 aromatic rings. The molecule has 3 amide bonds. The molecule has 32 heavy (non-hydrogen) atoms. The molecule has 2 N–H and O–H groups in total. The highest BCUT2D eigenvalue weighted by atomic mass is 16.2. The summed E-state index contributed by atoms with van der Waals surface area (Å²) >= 11 is 0. The molecule has 0 bridgehead atoms. The fourth-order valence-electron chi connectivity index (χ4n) is 4.54. The standard InChI is InChI=1S/C26H29N3O3/c1-19(30)27-22-12-14-23(15-13-22)29-24(31)18-26(29,17-16-20-8-4-2-5-9-20)25(32)28-21-10-6-3-7-11-21/h2,4-5,8-9,12-17,21H,3,6-7,10-11,18H2,1H3,(H,27,30)(H,28,32)/b17-16+. The van der Waals surface area contributed by atoms with Gasteiger partial charge in [-0.3, -0.25) is 19.3 Å². The minimum atomic E-state index is -1.07. The SMILES string of the molecule is CC(=O)Nc1ccc(N2C(=O)CC2(/C=C/c2ccccc2)C(=O)NC2CCCCC2)cc1. The first-order chi connectivity index (χ1) is 15.5. The second kappa shape index (κ2) is 9.39. The van der Waals surface area contributed by atoms with Crippen LogP contribution >= 0.6 is 0 Å². The van der Waals surface area contributed by atoms with Crippen molar-refractivity contribution in [1.82, 2.24) is 5.32 Å². The summed E-state index contributed by atoms with van der Waals surface area (Å²) in [5.74, 6) is -0.402. The smallest absolute Gasteiger partial charge is 0.251 e. The number of rotatable bonds is 6. The van der Waals surface area contributed by atoms with Crippen molar-refractivity contribution in [2.24, 2.45) is 0 Å². The van der Waals surface area contributed by atoms with Gasteiger partial charge in [-0.15, -0.1) is 0 Å². The predicted molar refractivity (Wildman–Crippen MR) is 126 cm³/mol. The summed E-state index contributed by atoms with van der Waals surface area (Å²) in [5.41, 5.74) is 1.18. The van der Waals surface area contributed by atoms with E-state index in [1.807, 2.05) is 42.5 Å². The van der Waals surface area contributed by atoms with Crippen LogP contribution in [-0.4, -0.2) is 29.3 Å². The van der Waals surface area contributed by atoms with Crippen LogP contribution in [-0.2, 0) is 14.4 Å². The highest BCUT2D eigenvalue weighted by molar-refractivity contribution is 6.15. The summed E-state index contributed by atoms with van der Waals surface area (Å²) in [4.78, 5) is 39.2. The molecule has 4 rings (SSSR count). The fraction of sp³-hybridized carbons (Fsp3) is 0.346. The van der Waals surface area contributed by atoms with Crippen molar-refractivity contribution in [3.05, 3.63) is 66.2 Å². The Labute approximate surface area is 188 Å². The minimum absolute atomic E-state index is 0.103. The first kappa shape index (κ1) is 21.8. The molecule has 2 fully saturated rings. The van der Waals surface area contributed by atoms with Gasteiger partial charge in [0.2, 0.25) is 11.8 Å². The maximum atomic E-state index is 13.6. The molecule has 6 nitrogen and oxygen atoms in total. The van der Waals surface area contributed by atoms with Crippen LogP contribution in [0.2, 0.25) is 0 Å². The average molecular weight is 432 g/mol. The highest BCUT2D eigenvalue weighted by Crippen LogP contribution is 2.40. The summed E-state index contributed by atoms with van der Waals surface area (Å²) in [5, 5.41) is 5.94. The van der Waals surface area contributed by atoms with E-state index in [1.165, 1.54) is 13.3 Å². The molecule has 0 aromatic heterocycles. The van der Waals surface area contributed by atoms with E-state index in [0.29, 0.717) is 11.4 Å². The lowest BCUT2D eigenvalue weighted by atomic mass is 9.80. The van der Waals surface area contributed by atoms with Gasteiger partial charge in [0.15, 0.2) is 5.54 Å². The van der Waals surface area contributed by atoms with Gasteiger partial charge < -0.3 is 10.6 Å². The van der Waals surface area contributed by atoms with Crippen molar-refractivity contribution in [3.63, 3.8) is 0 Å². The number of carbonyl (C=O) groups excluding carboxylic acids is 3. The van der Waals surface area contributed by atoms with Crippen molar-refractivity contribution in [2.75, 3.05) is 10.2 Å². The Morgan fingerprint density at radius 3 is 2.31 bits per heavy atom. The second-order valence-electron chi connectivity index (χ2n) is 8.61. The van der Waals surface area contributed by atoms with Gasteiger partial charge in [-0.2, -0.15) is 0 Å². The Kier molecular flexibility index (Phi) is 6.40. The van der Waals surface area contributed by atoms with Crippen LogP contribution in [0.4, 0.5) is 11.4 Å². The molecule has 1 atom stereocenters. The molecule has 0 radical (unpaired) electrons. The Morgan fingerprint density at radius 1 is 1.00 bits per heavy atom. The van der Waals surface area contributed by atoms with Crippen LogP contribution in [0.5, 0.6) is 0 Å². The van der Waals surface area contributed by atoms with Crippen molar-refractivity contribution in [1.29, 1.82) is 0 Å². The average Bonchev–Trinajstić information content (AvgIpc) is 2.78. The Balaban J connectivity index is 1.64. The van der Waals surface area contributed by atoms with Gasteiger partial charge >= 0.3 is 0 Å². The normalized spacial score (nSPS) is 21.3. The molecule has 2 aliphatic rings. The zero-order valence-corrected chi connectivity index (χ0v) is 18.3. The maximum absolute atomic E-state index is 13.6. The first-order valence-corrected chi connectivity index (χ1v) is 11.2. The van der Waals surface area contributed by atoms with E-state index in [1.54, 1.807) is 29.2 Å². The van der Waals surface area contributed by atoms with Crippen molar-refractivity contribution in [2.45, 2.75) is 57.0 Å². The zero-order valence-electron chi connectivity index (χ0n) is 18.3. The number of hydrogen-bond donors (Lipinski definition) is 2. The number of carbonyl (C=O) groups is 3. The number of benzene rings is 2.